The first-order valence-electron chi connectivity index (χ1n) is 10.6. The number of nitrogens with one attached hydrogen (secondary N) is 1. The van der Waals surface area contributed by atoms with Crippen LogP contribution in [0.1, 0.15) is 5.56 Å². The van der Waals surface area contributed by atoms with Gasteiger partial charge in [-0.3, -0.25) is 19.3 Å². The van der Waals surface area contributed by atoms with Gasteiger partial charge < -0.3 is 14.2 Å². The summed E-state index contributed by atoms with van der Waals surface area (Å²) < 4.78 is 35.7. The molecule has 0 radical (unpaired) electrons. The van der Waals surface area contributed by atoms with Crippen LogP contribution in [0.25, 0.3) is 6.08 Å². The van der Waals surface area contributed by atoms with Gasteiger partial charge in [0.05, 0.1) is 12.0 Å². The number of hydrogen-bond acceptors (Lipinski definition) is 8. The monoisotopic (exact) mass is 558 g/mol. The van der Waals surface area contributed by atoms with E-state index < -0.39 is 33.7 Å². The summed E-state index contributed by atoms with van der Waals surface area (Å²) in [6, 6.07) is 18.5. The maximum absolute atomic E-state index is 12.8. The largest absolute Gasteiger partial charge is 0.493 e. The van der Waals surface area contributed by atoms with E-state index in [0.717, 1.165) is 4.90 Å². The first-order valence-corrected chi connectivity index (χ1v) is 13.2. The van der Waals surface area contributed by atoms with Gasteiger partial charge in [0.1, 0.15) is 11.4 Å². The fourth-order valence-corrected chi connectivity index (χ4v) is 5.17. The number of para-hydroxylation sites is 1. The maximum Gasteiger partial charge on any atom is 0.339 e. The highest BCUT2D eigenvalue weighted by Crippen LogP contribution is 2.35. The third-order valence-corrected chi connectivity index (χ3v) is 7.43. The molecule has 1 N–H and O–H groups in total. The minimum atomic E-state index is -4.16. The number of carbonyl (C=O) groups excluding carboxylic acids is 3. The van der Waals surface area contributed by atoms with Gasteiger partial charge in [-0.25, -0.2) is 0 Å². The molecule has 0 spiro atoms. The predicted molar refractivity (Wildman–Crippen MR) is 140 cm³/mol. The van der Waals surface area contributed by atoms with Crippen molar-refractivity contribution < 1.29 is 31.7 Å². The van der Waals surface area contributed by atoms with Crippen LogP contribution in [0.5, 0.6) is 11.5 Å². The van der Waals surface area contributed by atoms with Crippen molar-refractivity contribution in [1.82, 2.24) is 4.90 Å². The normalized spacial score (nSPS) is 14.6. The summed E-state index contributed by atoms with van der Waals surface area (Å²) in [5.74, 6) is -1.12. The lowest BCUT2D eigenvalue weighted by Crippen LogP contribution is -2.36. The SMILES string of the molecule is COc1cc(/C=C2\SC(=O)N(CC(=O)Nc3ccccc3)C2=O)ccc1OS(=O)(=O)c1ccc(Cl)cc1. The Labute approximate surface area is 222 Å². The van der Waals surface area contributed by atoms with Gasteiger partial charge in [-0.1, -0.05) is 35.9 Å². The van der Waals surface area contributed by atoms with Crippen molar-refractivity contribution in [3.63, 3.8) is 0 Å². The molecular weight excluding hydrogens is 540 g/mol. The van der Waals surface area contributed by atoms with Crippen LogP contribution < -0.4 is 14.2 Å². The number of carbonyl (C=O) groups is 3. The summed E-state index contributed by atoms with van der Waals surface area (Å²) in [7, 11) is -2.82. The number of halogens is 1. The molecule has 0 unspecified atom stereocenters. The average Bonchev–Trinajstić information content (AvgIpc) is 3.12. The number of benzene rings is 3. The second-order valence-corrected chi connectivity index (χ2v) is 10.6. The van der Waals surface area contributed by atoms with Gasteiger partial charge in [0.15, 0.2) is 11.5 Å². The minimum absolute atomic E-state index is 0.0692. The molecule has 190 valence electrons. The van der Waals surface area contributed by atoms with E-state index in [1.54, 1.807) is 30.3 Å². The van der Waals surface area contributed by atoms with Crippen molar-refractivity contribution in [3.8, 4) is 11.5 Å². The number of imide groups is 1. The highest BCUT2D eigenvalue weighted by atomic mass is 35.5. The number of nitrogens with zero attached hydrogens (tertiary/aromatic N) is 1. The van der Waals surface area contributed by atoms with E-state index in [1.807, 2.05) is 0 Å². The molecule has 1 aliphatic heterocycles. The van der Waals surface area contributed by atoms with E-state index in [2.05, 4.69) is 5.32 Å². The van der Waals surface area contributed by atoms with Gasteiger partial charge in [-0.05, 0) is 71.9 Å². The van der Waals surface area contributed by atoms with Crippen LogP contribution >= 0.6 is 23.4 Å². The van der Waals surface area contributed by atoms with Crippen molar-refractivity contribution >= 4 is 62.3 Å². The fourth-order valence-electron chi connectivity index (χ4n) is 3.26. The maximum atomic E-state index is 12.8. The second-order valence-electron chi connectivity index (χ2n) is 7.58. The van der Waals surface area contributed by atoms with Crippen LogP contribution in [0.2, 0.25) is 5.02 Å². The van der Waals surface area contributed by atoms with E-state index in [0.29, 0.717) is 28.0 Å². The van der Waals surface area contributed by atoms with Crippen LogP contribution in [0.3, 0.4) is 0 Å². The lowest BCUT2D eigenvalue weighted by Gasteiger charge is -2.12. The molecule has 4 rings (SSSR count). The number of amides is 3. The summed E-state index contributed by atoms with van der Waals surface area (Å²) in [6.45, 7) is -0.435. The van der Waals surface area contributed by atoms with E-state index in [-0.39, 0.29) is 21.3 Å². The van der Waals surface area contributed by atoms with Gasteiger partial charge in [-0.15, -0.1) is 0 Å². The predicted octanol–water partition coefficient (Wildman–Crippen LogP) is 4.79. The van der Waals surface area contributed by atoms with Crippen molar-refractivity contribution in [2.24, 2.45) is 0 Å². The highest BCUT2D eigenvalue weighted by molar-refractivity contribution is 8.18. The smallest absolute Gasteiger partial charge is 0.339 e. The van der Waals surface area contributed by atoms with E-state index in [9.17, 15) is 22.8 Å². The van der Waals surface area contributed by atoms with Crippen molar-refractivity contribution in [3.05, 3.63) is 88.3 Å². The van der Waals surface area contributed by atoms with Crippen molar-refractivity contribution in [1.29, 1.82) is 0 Å². The molecular formula is C25H19ClN2O7S2. The van der Waals surface area contributed by atoms with Gasteiger partial charge in [-0.2, -0.15) is 8.42 Å². The van der Waals surface area contributed by atoms with Crippen molar-refractivity contribution in [2.75, 3.05) is 19.0 Å². The molecule has 3 aromatic rings. The zero-order valence-corrected chi connectivity index (χ0v) is 21.6. The number of methoxy groups -OCH3 is 1. The minimum Gasteiger partial charge on any atom is -0.493 e. The quantitative estimate of drug-likeness (QED) is 0.309. The molecule has 0 bridgehead atoms. The third-order valence-electron chi connectivity index (χ3n) is 5.02. The van der Waals surface area contributed by atoms with Gasteiger partial charge in [0, 0.05) is 10.7 Å². The summed E-state index contributed by atoms with van der Waals surface area (Å²) in [5, 5.41) is 2.42. The van der Waals surface area contributed by atoms with Gasteiger partial charge in [0.25, 0.3) is 11.1 Å². The van der Waals surface area contributed by atoms with Crippen molar-refractivity contribution in [2.45, 2.75) is 4.90 Å². The molecule has 12 heteroatoms. The Hall–Kier alpha value is -3.80. The molecule has 1 aliphatic rings. The average molecular weight is 559 g/mol. The zero-order valence-electron chi connectivity index (χ0n) is 19.2. The first kappa shape index (κ1) is 26.3. The van der Waals surface area contributed by atoms with Gasteiger partial charge >= 0.3 is 10.1 Å². The molecule has 0 aromatic heterocycles. The molecule has 0 atom stereocenters. The fraction of sp³-hybridized carbons (Fsp3) is 0.0800. The molecule has 1 fully saturated rings. The Kier molecular flexibility index (Phi) is 7.86. The van der Waals surface area contributed by atoms with Crippen LogP contribution in [-0.2, 0) is 19.7 Å². The Morgan fingerprint density at radius 2 is 1.73 bits per heavy atom. The molecule has 1 heterocycles. The molecule has 3 amide bonds. The summed E-state index contributed by atoms with van der Waals surface area (Å²) >= 11 is 6.50. The molecule has 0 aliphatic carbocycles. The van der Waals surface area contributed by atoms with Crippen LogP contribution in [0.4, 0.5) is 10.5 Å². The Bertz CT molecular complexity index is 1490. The molecule has 37 heavy (non-hydrogen) atoms. The number of anilines is 1. The Morgan fingerprint density at radius 1 is 1.03 bits per heavy atom. The molecule has 0 saturated carbocycles. The number of hydrogen-bond donors (Lipinski definition) is 1. The third kappa shape index (κ3) is 6.31. The number of thioether (sulfide) groups is 1. The summed E-state index contributed by atoms with van der Waals surface area (Å²) in [4.78, 5) is 38.3. The first-order chi connectivity index (χ1) is 17.7. The topological polar surface area (TPSA) is 119 Å². The molecule has 9 nitrogen and oxygen atoms in total. The summed E-state index contributed by atoms with van der Waals surface area (Å²) in [5.41, 5.74) is 0.995. The molecule has 3 aromatic carbocycles. The van der Waals surface area contributed by atoms with Crippen LogP contribution in [-0.4, -0.2) is 44.0 Å². The molecule has 1 saturated heterocycles. The van der Waals surface area contributed by atoms with Crippen LogP contribution in [0, 0.1) is 0 Å². The van der Waals surface area contributed by atoms with E-state index >= 15 is 0 Å². The lowest BCUT2D eigenvalue weighted by atomic mass is 10.2. The summed E-state index contributed by atoms with van der Waals surface area (Å²) in [6.07, 6.45) is 1.44. The number of rotatable bonds is 8. The highest BCUT2D eigenvalue weighted by Gasteiger charge is 2.36. The second kappa shape index (κ2) is 11.1. The van der Waals surface area contributed by atoms with Crippen LogP contribution in [0.15, 0.2) is 82.6 Å². The Balaban J connectivity index is 1.49. The standard InChI is InChI=1S/C25H19ClN2O7S2/c1-34-21-13-16(7-12-20(21)35-37(32,33)19-10-8-17(26)9-11-19)14-22-24(30)28(25(31)36-22)15-23(29)27-18-5-3-2-4-6-18/h2-14H,15H2,1H3,(H,27,29)/b22-14-. The van der Waals surface area contributed by atoms with E-state index in [1.165, 1.54) is 55.7 Å². The number of ether oxygens (including phenoxy) is 1. The zero-order chi connectivity index (χ0) is 26.6. The lowest BCUT2D eigenvalue weighted by molar-refractivity contribution is -0.127. The van der Waals surface area contributed by atoms with Gasteiger partial charge in [0.2, 0.25) is 5.91 Å². The van der Waals surface area contributed by atoms with E-state index in [4.69, 9.17) is 20.5 Å². The Morgan fingerprint density at radius 3 is 2.41 bits per heavy atom.